The van der Waals surface area contributed by atoms with E-state index >= 15 is 0 Å². The van der Waals surface area contributed by atoms with Gasteiger partial charge in [0.15, 0.2) is 5.79 Å². The number of hydrogen-bond acceptors (Lipinski definition) is 4. The highest BCUT2D eigenvalue weighted by molar-refractivity contribution is 5.96. The lowest BCUT2D eigenvalue weighted by Crippen LogP contribution is -2.53. The lowest BCUT2D eigenvalue weighted by Gasteiger charge is -2.59. The van der Waals surface area contributed by atoms with Crippen molar-refractivity contribution in [2.75, 3.05) is 13.2 Å². The van der Waals surface area contributed by atoms with Crippen molar-refractivity contribution in [2.45, 2.75) is 77.9 Å². The summed E-state index contributed by atoms with van der Waals surface area (Å²) >= 11 is 0. The number of ether oxygens (including phenoxy) is 2. The smallest absolute Gasteiger partial charge is 0.169 e. The van der Waals surface area contributed by atoms with Crippen molar-refractivity contribution >= 4 is 5.71 Å². The maximum atomic E-state index is 6.15. The Hall–Kier alpha value is -0.870. The fourth-order valence-electron chi connectivity index (χ4n) is 8.27. The van der Waals surface area contributed by atoms with Crippen LogP contribution in [0.25, 0.3) is 0 Å². The number of allylic oxidation sites excluding steroid dienone is 2. The Morgan fingerprint density at radius 3 is 2.48 bits per heavy atom. The van der Waals surface area contributed by atoms with Crippen molar-refractivity contribution in [1.82, 2.24) is 0 Å². The molecule has 0 amide bonds. The molecule has 27 heavy (non-hydrogen) atoms. The van der Waals surface area contributed by atoms with Gasteiger partial charge in [0.25, 0.3) is 0 Å². The van der Waals surface area contributed by atoms with Crippen LogP contribution in [-0.4, -0.2) is 24.7 Å². The molecule has 1 saturated heterocycles. The van der Waals surface area contributed by atoms with Crippen LogP contribution in [0.2, 0.25) is 0 Å². The molecule has 3 unspecified atom stereocenters. The van der Waals surface area contributed by atoms with Gasteiger partial charge < -0.3 is 15.3 Å². The predicted octanol–water partition coefficient (Wildman–Crippen LogP) is 4.64. The molecule has 0 aromatic heterocycles. The Labute approximate surface area is 163 Å². The summed E-state index contributed by atoms with van der Waals surface area (Å²) in [5.41, 5.74) is 3.47. The monoisotopic (exact) mass is 372 g/mol. The van der Waals surface area contributed by atoms with Gasteiger partial charge in [0.2, 0.25) is 0 Å². The molecule has 4 heteroatoms. The van der Waals surface area contributed by atoms with Crippen LogP contribution < -0.4 is 5.84 Å². The third kappa shape index (κ3) is 2.45. The molecule has 4 nitrogen and oxygen atoms in total. The van der Waals surface area contributed by atoms with E-state index in [2.05, 4.69) is 31.9 Å². The van der Waals surface area contributed by atoms with Gasteiger partial charge in [-0.3, -0.25) is 0 Å². The molecule has 5 aliphatic rings. The van der Waals surface area contributed by atoms with Gasteiger partial charge in [-0.15, -0.1) is 0 Å². The van der Waals surface area contributed by atoms with Gasteiger partial charge in [0.1, 0.15) is 0 Å². The van der Waals surface area contributed by atoms with Gasteiger partial charge in [-0.2, -0.15) is 5.10 Å². The van der Waals surface area contributed by atoms with Gasteiger partial charge in [0.05, 0.1) is 18.9 Å². The summed E-state index contributed by atoms with van der Waals surface area (Å²) in [5.74, 6) is 8.30. The minimum absolute atomic E-state index is 0.350. The third-order valence-electron chi connectivity index (χ3n) is 9.64. The first-order valence-corrected chi connectivity index (χ1v) is 11.2. The zero-order chi connectivity index (χ0) is 18.9. The number of nitrogens with two attached hydrogens (primary N) is 1. The van der Waals surface area contributed by atoms with Crippen LogP contribution in [0.1, 0.15) is 72.1 Å². The lowest BCUT2D eigenvalue weighted by molar-refractivity contribution is -0.214. The molecule has 0 aromatic carbocycles. The first kappa shape index (κ1) is 18.2. The zero-order valence-corrected chi connectivity index (χ0v) is 17.3. The molecule has 3 saturated carbocycles. The largest absolute Gasteiger partial charge is 0.348 e. The minimum Gasteiger partial charge on any atom is -0.348 e. The van der Waals surface area contributed by atoms with Gasteiger partial charge in [-0.05, 0) is 93.0 Å². The highest BCUT2D eigenvalue weighted by atomic mass is 16.7. The van der Waals surface area contributed by atoms with Crippen LogP contribution in [0.15, 0.2) is 16.8 Å². The van der Waals surface area contributed by atoms with E-state index in [0.717, 1.165) is 43.1 Å². The van der Waals surface area contributed by atoms with Crippen molar-refractivity contribution in [2.24, 2.45) is 45.4 Å². The standard InChI is InChI=1S/C23H36N2O2/c1-21-10-8-16(25-24)14-15(21)4-5-17-18-6-7-20(23(3)26-12-13-27-23)22(18,2)11-9-19(17)21/h14,17-20H,4-13,24H2,1-3H3/b25-16+/t17?,18?,19?,20-,21-,22-/m0/s1. The Bertz CT molecular complexity index is 680. The molecular formula is C23H36N2O2. The SMILES string of the molecule is CC1([C@H]2CCC3C4CCC5=C/C(=N/N)CC[C@]5(C)C4CC[C@@]32C)OCCO1. The van der Waals surface area contributed by atoms with E-state index < -0.39 is 0 Å². The van der Waals surface area contributed by atoms with Crippen molar-refractivity contribution in [3.63, 3.8) is 0 Å². The first-order valence-electron chi connectivity index (χ1n) is 11.2. The molecule has 1 aliphatic heterocycles. The topological polar surface area (TPSA) is 56.8 Å². The fraction of sp³-hybridized carbons (Fsp3) is 0.870. The Morgan fingerprint density at radius 2 is 1.74 bits per heavy atom. The van der Waals surface area contributed by atoms with Crippen molar-refractivity contribution in [3.8, 4) is 0 Å². The summed E-state index contributed by atoms with van der Waals surface area (Å²) in [6.07, 6.45) is 12.5. The van der Waals surface area contributed by atoms with E-state index in [-0.39, 0.29) is 5.79 Å². The van der Waals surface area contributed by atoms with E-state index in [4.69, 9.17) is 15.3 Å². The van der Waals surface area contributed by atoms with E-state index in [1.165, 1.54) is 44.9 Å². The number of hydrogen-bond donors (Lipinski definition) is 1. The second kappa shape index (κ2) is 6.06. The van der Waals surface area contributed by atoms with Gasteiger partial charge in [-0.25, -0.2) is 0 Å². The van der Waals surface area contributed by atoms with E-state index in [1.807, 2.05) is 0 Å². The Balaban J connectivity index is 1.44. The summed E-state index contributed by atoms with van der Waals surface area (Å²) in [4.78, 5) is 0. The number of fused-ring (bicyclic) bond motifs is 5. The molecular weight excluding hydrogens is 336 g/mol. The van der Waals surface area contributed by atoms with Gasteiger partial charge in [0, 0.05) is 5.92 Å². The summed E-state index contributed by atoms with van der Waals surface area (Å²) in [6, 6.07) is 0. The molecule has 0 radical (unpaired) electrons. The summed E-state index contributed by atoms with van der Waals surface area (Å²) in [6.45, 7) is 8.84. The van der Waals surface area contributed by atoms with Crippen LogP contribution in [0, 0.1) is 34.5 Å². The van der Waals surface area contributed by atoms with Crippen molar-refractivity contribution in [3.05, 3.63) is 11.6 Å². The van der Waals surface area contributed by atoms with Crippen LogP contribution in [0.5, 0.6) is 0 Å². The van der Waals surface area contributed by atoms with E-state index in [9.17, 15) is 0 Å². The Morgan fingerprint density at radius 1 is 0.963 bits per heavy atom. The minimum atomic E-state index is -0.350. The highest BCUT2D eigenvalue weighted by Crippen LogP contribution is 2.68. The fourth-order valence-corrected chi connectivity index (χ4v) is 8.27. The van der Waals surface area contributed by atoms with Gasteiger partial charge in [-0.1, -0.05) is 19.4 Å². The predicted molar refractivity (Wildman–Crippen MR) is 107 cm³/mol. The molecule has 4 fully saturated rings. The highest BCUT2D eigenvalue weighted by Gasteiger charge is 2.62. The average Bonchev–Trinajstić information content (AvgIpc) is 3.24. The molecule has 0 bridgehead atoms. The second-order valence-electron chi connectivity index (χ2n) is 10.5. The summed E-state index contributed by atoms with van der Waals surface area (Å²) < 4.78 is 12.3. The molecule has 5 rings (SSSR count). The van der Waals surface area contributed by atoms with Crippen LogP contribution in [-0.2, 0) is 9.47 Å². The van der Waals surface area contributed by atoms with Gasteiger partial charge >= 0.3 is 0 Å². The normalized spacial score (nSPS) is 50.0. The zero-order valence-electron chi connectivity index (χ0n) is 17.3. The number of hydrazone groups is 1. The molecule has 6 atom stereocenters. The van der Waals surface area contributed by atoms with Crippen LogP contribution in [0.3, 0.4) is 0 Å². The molecule has 1 heterocycles. The summed E-state index contributed by atoms with van der Waals surface area (Å²) in [7, 11) is 0. The Kier molecular flexibility index (Phi) is 4.08. The molecule has 2 N–H and O–H groups in total. The van der Waals surface area contributed by atoms with E-state index in [0.29, 0.717) is 16.7 Å². The van der Waals surface area contributed by atoms with Crippen LogP contribution >= 0.6 is 0 Å². The number of rotatable bonds is 1. The first-order chi connectivity index (χ1) is 12.9. The lowest BCUT2D eigenvalue weighted by atomic mass is 9.46. The summed E-state index contributed by atoms with van der Waals surface area (Å²) in [5, 5.41) is 4.01. The maximum Gasteiger partial charge on any atom is 0.169 e. The van der Waals surface area contributed by atoms with Crippen LogP contribution in [0.4, 0.5) is 0 Å². The third-order valence-corrected chi connectivity index (χ3v) is 9.64. The molecule has 0 spiro atoms. The average molecular weight is 373 g/mol. The maximum absolute atomic E-state index is 6.15. The van der Waals surface area contributed by atoms with Crippen molar-refractivity contribution in [1.29, 1.82) is 0 Å². The molecule has 4 aliphatic carbocycles. The molecule has 150 valence electrons. The second-order valence-corrected chi connectivity index (χ2v) is 10.5. The quantitative estimate of drug-likeness (QED) is 0.539. The van der Waals surface area contributed by atoms with E-state index in [1.54, 1.807) is 5.57 Å². The number of nitrogens with zero attached hydrogens (tertiary/aromatic N) is 1. The molecule has 0 aromatic rings. The van der Waals surface area contributed by atoms with Crippen molar-refractivity contribution < 1.29 is 9.47 Å².